The average Bonchev–Trinajstić information content (AvgIpc) is 2.24. The first-order chi connectivity index (χ1) is 7.08. The molecule has 0 spiro atoms. The molecule has 90 valence electrons. The highest BCUT2D eigenvalue weighted by Gasteiger charge is 2.25. The van der Waals surface area contributed by atoms with Gasteiger partial charge in [-0.05, 0) is 11.8 Å². The lowest BCUT2D eigenvalue weighted by atomic mass is 9.79. The summed E-state index contributed by atoms with van der Waals surface area (Å²) >= 11 is 0. The molecule has 1 unspecified atom stereocenters. The van der Waals surface area contributed by atoms with Gasteiger partial charge in [-0.3, -0.25) is 4.79 Å². The number of hydrogen-bond acceptors (Lipinski definition) is 2. The fourth-order valence-electron chi connectivity index (χ4n) is 1.79. The highest BCUT2D eigenvalue weighted by molar-refractivity contribution is 5.69. The number of unbranched alkanes of at least 4 members (excludes halogenated alkanes) is 3. The molecular weight excluding hydrogens is 188 g/mol. The summed E-state index contributed by atoms with van der Waals surface area (Å²) in [5, 5.41) is 0. The van der Waals surface area contributed by atoms with Crippen LogP contribution >= 0.6 is 0 Å². The van der Waals surface area contributed by atoms with Crippen molar-refractivity contribution in [3.63, 3.8) is 0 Å². The second kappa shape index (κ2) is 7.72. The molecule has 0 bridgehead atoms. The van der Waals surface area contributed by atoms with E-state index in [1.54, 1.807) is 0 Å². The van der Waals surface area contributed by atoms with Gasteiger partial charge in [0.2, 0.25) is 0 Å². The summed E-state index contributed by atoms with van der Waals surface area (Å²) in [4.78, 5) is 11.3. The van der Waals surface area contributed by atoms with Crippen molar-refractivity contribution in [1.29, 1.82) is 0 Å². The van der Waals surface area contributed by atoms with Crippen LogP contribution in [0.4, 0.5) is 0 Å². The minimum absolute atomic E-state index is 0.0742. The van der Waals surface area contributed by atoms with Crippen LogP contribution in [0.1, 0.15) is 65.7 Å². The van der Waals surface area contributed by atoms with Crippen molar-refractivity contribution in [3.05, 3.63) is 0 Å². The Hall–Kier alpha value is -0.530. The number of ether oxygens (including phenoxy) is 1. The summed E-state index contributed by atoms with van der Waals surface area (Å²) in [6.07, 6.45) is 7.83. The molecule has 0 aromatic heterocycles. The SMILES string of the molecule is CCCCCCC(C)(CC)CC(=O)OC. The average molecular weight is 214 g/mol. The van der Waals surface area contributed by atoms with Crippen molar-refractivity contribution in [2.75, 3.05) is 7.11 Å². The van der Waals surface area contributed by atoms with Crippen molar-refractivity contribution in [3.8, 4) is 0 Å². The second-order valence-electron chi connectivity index (χ2n) is 4.73. The lowest BCUT2D eigenvalue weighted by Gasteiger charge is -2.26. The van der Waals surface area contributed by atoms with Crippen LogP contribution in [-0.2, 0) is 9.53 Å². The molecule has 2 nitrogen and oxygen atoms in total. The second-order valence-corrected chi connectivity index (χ2v) is 4.73. The molecule has 0 aromatic rings. The van der Waals surface area contributed by atoms with Gasteiger partial charge >= 0.3 is 5.97 Å². The Labute approximate surface area is 94.4 Å². The third kappa shape index (κ3) is 6.53. The van der Waals surface area contributed by atoms with Crippen LogP contribution in [-0.4, -0.2) is 13.1 Å². The smallest absolute Gasteiger partial charge is 0.306 e. The van der Waals surface area contributed by atoms with E-state index < -0.39 is 0 Å². The van der Waals surface area contributed by atoms with E-state index in [0.717, 1.165) is 12.8 Å². The third-order valence-electron chi connectivity index (χ3n) is 3.29. The maximum absolute atomic E-state index is 11.3. The molecule has 0 aliphatic rings. The van der Waals surface area contributed by atoms with Crippen LogP contribution < -0.4 is 0 Å². The molecule has 0 aliphatic heterocycles. The molecular formula is C13H26O2. The van der Waals surface area contributed by atoms with Gasteiger partial charge in [-0.2, -0.15) is 0 Å². The highest BCUT2D eigenvalue weighted by atomic mass is 16.5. The van der Waals surface area contributed by atoms with Crippen LogP contribution in [0.15, 0.2) is 0 Å². The van der Waals surface area contributed by atoms with E-state index in [1.807, 2.05) is 0 Å². The number of carbonyl (C=O) groups is 1. The third-order valence-corrected chi connectivity index (χ3v) is 3.29. The minimum atomic E-state index is -0.0742. The Balaban J connectivity index is 3.90. The van der Waals surface area contributed by atoms with Crippen molar-refractivity contribution < 1.29 is 9.53 Å². The Morgan fingerprint density at radius 3 is 2.33 bits per heavy atom. The number of carbonyl (C=O) groups excluding carboxylic acids is 1. The molecule has 15 heavy (non-hydrogen) atoms. The normalized spacial score (nSPS) is 14.7. The fraction of sp³-hybridized carbons (Fsp3) is 0.923. The molecule has 0 saturated carbocycles. The topological polar surface area (TPSA) is 26.3 Å². The zero-order valence-electron chi connectivity index (χ0n) is 10.8. The van der Waals surface area contributed by atoms with Gasteiger partial charge in [0.15, 0.2) is 0 Å². The first-order valence-electron chi connectivity index (χ1n) is 6.14. The van der Waals surface area contributed by atoms with Gasteiger partial charge in [0.25, 0.3) is 0 Å². The summed E-state index contributed by atoms with van der Waals surface area (Å²) < 4.78 is 4.74. The summed E-state index contributed by atoms with van der Waals surface area (Å²) in [5.41, 5.74) is 0.140. The van der Waals surface area contributed by atoms with Crippen molar-refractivity contribution in [2.45, 2.75) is 65.7 Å². The predicted molar refractivity (Wildman–Crippen MR) is 63.8 cm³/mol. The minimum Gasteiger partial charge on any atom is -0.469 e. The molecule has 0 amide bonds. The van der Waals surface area contributed by atoms with Gasteiger partial charge in [0.1, 0.15) is 0 Å². The van der Waals surface area contributed by atoms with Gasteiger partial charge in [-0.1, -0.05) is 52.9 Å². The standard InChI is InChI=1S/C13H26O2/c1-5-7-8-9-10-13(3,6-2)11-12(14)15-4/h5-11H2,1-4H3. The van der Waals surface area contributed by atoms with Crippen molar-refractivity contribution in [2.24, 2.45) is 5.41 Å². The molecule has 0 heterocycles. The van der Waals surface area contributed by atoms with Crippen LogP contribution in [0.25, 0.3) is 0 Å². The number of rotatable bonds is 8. The molecule has 2 heteroatoms. The van der Waals surface area contributed by atoms with Gasteiger partial charge in [0.05, 0.1) is 13.5 Å². The summed E-state index contributed by atoms with van der Waals surface area (Å²) in [7, 11) is 1.47. The molecule has 0 aliphatic carbocycles. The largest absolute Gasteiger partial charge is 0.469 e. The van der Waals surface area contributed by atoms with E-state index in [1.165, 1.54) is 32.8 Å². The molecule has 0 fully saturated rings. The summed E-state index contributed by atoms with van der Waals surface area (Å²) in [5.74, 6) is -0.0742. The van der Waals surface area contributed by atoms with Crippen LogP contribution in [0, 0.1) is 5.41 Å². The van der Waals surface area contributed by atoms with E-state index >= 15 is 0 Å². The molecule has 0 radical (unpaired) electrons. The predicted octanol–water partition coefficient (Wildman–Crippen LogP) is 3.94. The van der Waals surface area contributed by atoms with Crippen LogP contribution in [0.3, 0.4) is 0 Å². The van der Waals surface area contributed by atoms with Gasteiger partial charge in [-0.15, -0.1) is 0 Å². The van der Waals surface area contributed by atoms with Gasteiger partial charge in [0, 0.05) is 0 Å². The lowest BCUT2D eigenvalue weighted by Crippen LogP contribution is -2.21. The maximum Gasteiger partial charge on any atom is 0.306 e. The number of methoxy groups -OCH3 is 1. The quantitative estimate of drug-likeness (QED) is 0.452. The van der Waals surface area contributed by atoms with E-state index in [0.29, 0.717) is 6.42 Å². The van der Waals surface area contributed by atoms with E-state index in [4.69, 9.17) is 4.74 Å². The lowest BCUT2D eigenvalue weighted by molar-refractivity contribution is -0.143. The molecule has 0 aromatic carbocycles. The Kier molecular flexibility index (Phi) is 7.45. The Bertz CT molecular complexity index is 177. The van der Waals surface area contributed by atoms with Crippen LogP contribution in [0.2, 0.25) is 0 Å². The van der Waals surface area contributed by atoms with Crippen molar-refractivity contribution >= 4 is 5.97 Å². The highest BCUT2D eigenvalue weighted by Crippen LogP contribution is 2.32. The van der Waals surface area contributed by atoms with E-state index in [2.05, 4.69) is 20.8 Å². The number of hydrogen-bond donors (Lipinski definition) is 0. The molecule has 0 saturated heterocycles. The molecule has 1 atom stereocenters. The Morgan fingerprint density at radius 1 is 1.20 bits per heavy atom. The summed E-state index contributed by atoms with van der Waals surface area (Å²) in [6.45, 7) is 6.56. The first-order valence-corrected chi connectivity index (χ1v) is 6.14. The maximum atomic E-state index is 11.3. The Morgan fingerprint density at radius 2 is 1.87 bits per heavy atom. The molecule has 0 rings (SSSR count). The van der Waals surface area contributed by atoms with Crippen LogP contribution in [0.5, 0.6) is 0 Å². The van der Waals surface area contributed by atoms with Crippen molar-refractivity contribution in [1.82, 2.24) is 0 Å². The number of esters is 1. The fourth-order valence-corrected chi connectivity index (χ4v) is 1.79. The zero-order valence-corrected chi connectivity index (χ0v) is 10.8. The first kappa shape index (κ1) is 14.5. The zero-order chi connectivity index (χ0) is 11.7. The van der Waals surface area contributed by atoms with Gasteiger partial charge in [-0.25, -0.2) is 0 Å². The van der Waals surface area contributed by atoms with E-state index in [9.17, 15) is 4.79 Å². The monoisotopic (exact) mass is 214 g/mol. The van der Waals surface area contributed by atoms with E-state index in [-0.39, 0.29) is 11.4 Å². The van der Waals surface area contributed by atoms with Gasteiger partial charge < -0.3 is 4.74 Å². The summed E-state index contributed by atoms with van der Waals surface area (Å²) in [6, 6.07) is 0. The molecule has 0 N–H and O–H groups in total.